The van der Waals surface area contributed by atoms with Gasteiger partial charge in [-0.25, -0.2) is 14.6 Å². The first kappa shape index (κ1) is 38.8. The summed E-state index contributed by atoms with van der Waals surface area (Å²) in [5, 5.41) is 5.99. The van der Waals surface area contributed by atoms with Gasteiger partial charge >= 0.3 is 0 Å². The number of nitrogens with zero attached hydrogens (tertiary/aromatic N) is 5. The third-order valence-electron chi connectivity index (χ3n) is 10.9. The van der Waals surface area contributed by atoms with Crippen molar-refractivity contribution in [1.29, 1.82) is 0 Å². The van der Waals surface area contributed by atoms with Gasteiger partial charge in [0, 0.05) is 28.4 Å². The summed E-state index contributed by atoms with van der Waals surface area (Å²) >= 11 is -1.28. The van der Waals surface area contributed by atoms with E-state index in [1.807, 2.05) is 56.0 Å². The number of fused-ring (bicyclic) bond motifs is 1. The molecule has 50 heavy (non-hydrogen) atoms. The minimum absolute atomic E-state index is 0.124. The molecule has 0 unspecified atom stereocenters. The van der Waals surface area contributed by atoms with Gasteiger partial charge in [0.2, 0.25) is 0 Å². The predicted molar refractivity (Wildman–Crippen MR) is 210 cm³/mol. The lowest BCUT2D eigenvalue weighted by atomic mass is 9.76. The largest absolute Gasteiger partial charge is 0.598 e. The topological polar surface area (TPSA) is 110 Å². The van der Waals surface area contributed by atoms with Crippen molar-refractivity contribution in [3.05, 3.63) is 66.4 Å². The van der Waals surface area contributed by atoms with Gasteiger partial charge in [-0.2, -0.15) is 5.10 Å². The molecular formula is C38H58N6O3SSi2. The van der Waals surface area contributed by atoms with Crippen molar-refractivity contribution >= 4 is 38.9 Å². The summed E-state index contributed by atoms with van der Waals surface area (Å²) in [5.74, 6) is 0.977. The van der Waals surface area contributed by atoms with Crippen LogP contribution in [0, 0.1) is 5.92 Å². The van der Waals surface area contributed by atoms with Crippen LogP contribution in [0.2, 0.25) is 36.3 Å². The molecule has 1 N–H and O–H groups in total. The van der Waals surface area contributed by atoms with Crippen molar-refractivity contribution in [2.45, 2.75) is 135 Å². The average Bonchev–Trinajstić information content (AvgIpc) is 3.43. The minimum atomic E-state index is -1.92. The smallest absolute Gasteiger partial charge is 0.192 e. The molecule has 2 atom stereocenters. The molecule has 0 aliphatic heterocycles. The molecule has 0 amide bonds. The Labute approximate surface area is 305 Å². The van der Waals surface area contributed by atoms with Gasteiger partial charge in [-0.1, -0.05) is 59.7 Å². The Morgan fingerprint density at radius 3 is 2.22 bits per heavy atom. The molecule has 3 aromatic heterocycles. The standard InChI is InChI=1S/C38H58N6O3SSi2/c1-36(2,3)48(45)43-35(28-19-30(20-28)47-50(12,13)38(7,8)9)32-24-39-23-31(42-32)26-17-18-27-22-40-44(33(27)21-26)34-16-14-15-29(41-34)25-46-49(10,11)37(4,5)6/h14-18,21-24,28,30,35,43H,19-20,25H2,1-13H3/t28-,30+,35-,48+/m0/s1. The Kier molecular flexibility index (Phi) is 11.0. The lowest BCUT2D eigenvalue weighted by Gasteiger charge is -2.46. The van der Waals surface area contributed by atoms with Crippen molar-refractivity contribution in [2.24, 2.45) is 5.92 Å². The van der Waals surface area contributed by atoms with Gasteiger partial charge in [-0.15, -0.1) is 4.72 Å². The second-order valence-corrected chi connectivity index (χ2v) is 29.5. The van der Waals surface area contributed by atoms with Crippen molar-refractivity contribution in [1.82, 2.24) is 29.5 Å². The van der Waals surface area contributed by atoms with Crippen LogP contribution in [0.3, 0.4) is 0 Å². The van der Waals surface area contributed by atoms with E-state index < -0.39 is 32.7 Å². The zero-order chi connectivity index (χ0) is 36.9. The second-order valence-electron chi connectivity index (χ2n) is 17.9. The minimum Gasteiger partial charge on any atom is -0.598 e. The Balaban J connectivity index is 1.41. The van der Waals surface area contributed by atoms with Gasteiger partial charge in [0.05, 0.1) is 53.8 Å². The van der Waals surface area contributed by atoms with E-state index in [4.69, 9.17) is 23.9 Å². The predicted octanol–water partition coefficient (Wildman–Crippen LogP) is 9.29. The Bertz CT molecular complexity index is 1790. The molecule has 1 aliphatic rings. The number of hydrogen-bond donors (Lipinski definition) is 1. The molecular weight excluding hydrogens is 677 g/mol. The number of benzene rings is 1. The van der Waals surface area contributed by atoms with Crippen molar-refractivity contribution in [3.63, 3.8) is 0 Å². The monoisotopic (exact) mass is 734 g/mol. The van der Waals surface area contributed by atoms with E-state index >= 15 is 0 Å². The van der Waals surface area contributed by atoms with Crippen LogP contribution in [-0.4, -0.2) is 56.8 Å². The van der Waals surface area contributed by atoms with Gasteiger partial charge in [0.1, 0.15) is 4.75 Å². The molecule has 5 rings (SSSR count). The SMILES string of the molecule is CC(C)(C)[S@@+]([O-])N[C@H](c1cncc(-c2ccc3cnn(-c4cccc(CO[Si](C)(C)C(C)(C)C)n4)c3c2)n1)[C@H]1C[C@@H](O[Si](C)(C)C(C)(C)C)C1. The maximum atomic E-state index is 13.4. The van der Waals surface area contributed by atoms with Crippen LogP contribution in [-0.2, 0) is 26.8 Å². The molecule has 1 saturated carbocycles. The lowest BCUT2D eigenvalue weighted by Crippen LogP contribution is -2.51. The molecule has 0 bridgehead atoms. The van der Waals surface area contributed by atoms with Crippen LogP contribution < -0.4 is 4.72 Å². The van der Waals surface area contributed by atoms with Crippen molar-refractivity contribution < 1.29 is 13.4 Å². The summed E-state index contributed by atoms with van der Waals surface area (Å²) in [4.78, 5) is 14.7. The molecule has 1 fully saturated rings. The molecule has 272 valence electrons. The Hall–Kier alpha value is -2.46. The molecule has 1 aromatic carbocycles. The third kappa shape index (κ3) is 8.59. The number of aromatic nitrogens is 5. The molecule has 9 nitrogen and oxygen atoms in total. The summed E-state index contributed by atoms with van der Waals surface area (Å²) in [7, 11) is -3.81. The van der Waals surface area contributed by atoms with Crippen LogP contribution in [0.25, 0.3) is 28.0 Å². The van der Waals surface area contributed by atoms with E-state index in [1.54, 1.807) is 6.20 Å². The summed E-state index contributed by atoms with van der Waals surface area (Å²) < 4.78 is 31.5. The Morgan fingerprint density at radius 2 is 1.58 bits per heavy atom. The first-order chi connectivity index (χ1) is 23.1. The molecule has 0 spiro atoms. The highest BCUT2D eigenvalue weighted by Crippen LogP contribution is 2.45. The zero-order valence-electron chi connectivity index (χ0n) is 32.4. The average molecular weight is 735 g/mol. The van der Waals surface area contributed by atoms with E-state index in [9.17, 15) is 4.55 Å². The highest BCUT2D eigenvalue weighted by Gasteiger charge is 2.46. The van der Waals surface area contributed by atoms with E-state index in [0.29, 0.717) is 6.61 Å². The Morgan fingerprint density at radius 1 is 0.900 bits per heavy atom. The summed E-state index contributed by atoms with van der Waals surface area (Å²) in [6, 6.07) is 12.0. The van der Waals surface area contributed by atoms with Crippen LogP contribution in [0.15, 0.2) is 55.0 Å². The van der Waals surface area contributed by atoms with Gasteiger partial charge < -0.3 is 13.4 Å². The molecule has 0 saturated heterocycles. The maximum Gasteiger partial charge on any atom is 0.192 e. The molecule has 3 heterocycles. The fourth-order valence-corrected chi connectivity index (χ4v) is 8.64. The molecule has 12 heteroatoms. The van der Waals surface area contributed by atoms with Crippen LogP contribution in [0.5, 0.6) is 0 Å². The fraction of sp³-hybridized carbons (Fsp3) is 0.579. The van der Waals surface area contributed by atoms with Crippen LogP contribution in [0.1, 0.15) is 92.6 Å². The van der Waals surface area contributed by atoms with Crippen molar-refractivity contribution in [3.8, 4) is 17.1 Å². The van der Waals surface area contributed by atoms with Crippen LogP contribution >= 0.6 is 0 Å². The summed E-state index contributed by atoms with van der Waals surface area (Å²) in [5.41, 5.74) is 4.28. The number of rotatable bonds is 11. The van der Waals surface area contributed by atoms with Crippen molar-refractivity contribution in [2.75, 3.05) is 0 Å². The van der Waals surface area contributed by atoms with E-state index in [1.165, 1.54) is 0 Å². The van der Waals surface area contributed by atoms with Gasteiger partial charge in [-0.05, 0) is 94.0 Å². The van der Waals surface area contributed by atoms with Gasteiger partial charge in [0.25, 0.3) is 0 Å². The molecule has 4 aromatic rings. The first-order valence-corrected chi connectivity index (χ1v) is 24.8. The molecule has 0 radical (unpaired) electrons. The normalized spacial score (nSPS) is 19.0. The highest BCUT2D eigenvalue weighted by atomic mass is 32.2. The van der Waals surface area contributed by atoms with Gasteiger partial charge in [0.15, 0.2) is 22.5 Å². The number of pyridine rings is 1. The van der Waals surface area contributed by atoms with Crippen LogP contribution in [0.4, 0.5) is 0 Å². The highest BCUT2D eigenvalue weighted by molar-refractivity contribution is 7.90. The number of nitrogens with one attached hydrogen (secondary N) is 1. The maximum absolute atomic E-state index is 13.4. The summed E-state index contributed by atoms with van der Waals surface area (Å²) in [6.45, 7) is 29.1. The van der Waals surface area contributed by atoms with E-state index in [-0.39, 0.29) is 28.1 Å². The van der Waals surface area contributed by atoms with E-state index in [2.05, 4.69) is 95.6 Å². The van der Waals surface area contributed by atoms with Gasteiger partial charge in [-0.3, -0.25) is 4.98 Å². The summed E-state index contributed by atoms with van der Waals surface area (Å²) in [6.07, 6.45) is 7.48. The third-order valence-corrected chi connectivity index (χ3v) is 21.5. The first-order valence-electron chi connectivity index (χ1n) is 17.8. The quantitative estimate of drug-likeness (QED) is 0.120. The zero-order valence-corrected chi connectivity index (χ0v) is 35.2. The van der Waals surface area contributed by atoms with E-state index in [0.717, 1.165) is 52.2 Å². The second kappa shape index (κ2) is 14.2. The molecule has 1 aliphatic carbocycles. The fourth-order valence-electron chi connectivity index (χ4n) is 5.42. The lowest BCUT2D eigenvalue weighted by molar-refractivity contribution is 0.0365. The number of hydrogen-bond acceptors (Lipinski definition) is 8.